The predicted molar refractivity (Wildman–Crippen MR) is 315 cm³/mol. The summed E-state index contributed by atoms with van der Waals surface area (Å²) in [5.74, 6) is -0.486. The number of carbonyl (C=O) groups is 2. The molecular formula is C67H106O5. The molecule has 0 aliphatic heterocycles. The summed E-state index contributed by atoms with van der Waals surface area (Å²) in [6.07, 6.45) is 89.8. The Bertz CT molecular complexity index is 1590. The molecule has 0 fully saturated rings. The van der Waals surface area contributed by atoms with Crippen LogP contribution in [-0.2, 0) is 23.8 Å². The molecule has 0 saturated heterocycles. The topological polar surface area (TPSA) is 61.8 Å². The lowest BCUT2D eigenvalue weighted by atomic mass is 10.1. The highest BCUT2D eigenvalue weighted by Crippen LogP contribution is 2.12. The van der Waals surface area contributed by atoms with Crippen LogP contribution in [0.5, 0.6) is 0 Å². The largest absolute Gasteiger partial charge is 0.462 e. The molecule has 5 heteroatoms. The van der Waals surface area contributed by atoms with E-state index in [4.69, 9.17) is 14.2 Å². The van der Waals surface area contributed by atoms with Gasteiger partial charge < -0.3 is 14.2 Å². The van der Waals surface area contributed by atoms with Crippen LogP contribution < -0.4 is 0 Å². The number of ether oxygens (including phenoxy) is 3. The summed E-state index contributed by atoms with van der Waals surface area (Å²) in [6.45, 7) is 7.39. The van der Waals surface area contributed by atoms with Crippen LogP contribution in [0.3, 0.4) is 0 Å². The third-order valence-corrected chi connectivity index (χ3v) is 11.5. The smallest absolute Gasteiger partial charge is 0.306 e. The van der Waals surface area contributed by atoms with Crippen molar-refractivity contribution in [1.29, 1.82) is 0 Å². The molecule has 404 valence electrons. The van der Waals surface area contributed by atoms with Crippen molar-refractivity contribution in [1.82, 2.24) is 0 Å². The summed E-state index contributed by atoms with van der Waals surface area (Å²) in [6, 6.07) is 0. The average molecular weight is 992 g/mol. The van der Waals surface area contributed by atoms with E-state index < -0.39 is 6.10 Å². The zero-order valence-electron chi connectivity index (χ0n) is 46.4. The maximum absolute atomic E-state index is 12.9. The molecule has 1 atom stereocenters. The molecule has 0 aliphatic rings. The first-order chi connectivity index (χ1) is 35.6. The number of hydrogen-bond acceptors (Lipinski definition) is 5. The molecule has 0 rings (SSSR count). The Morgan fingerprint density at radius 2 is 0.583 bits per heavy atom. The van der Waals surface area contributed by atoms with Crippen LogP contribution in [0, 0.1) is 0 Å². The van der Waals surface area contributed by atoms with Crippen LogP contribution in [-0.4, -0.2) is 37.9 Å². The van der Waals surface area contributed by atoms with E-state index in [0.717, 1.165) is 148 Å². The third-order valence-electron chi connectivity index (χ3n) is 11.5. The van der Waals surface area contributed by atoms with E-state index in [-0.39, 0.29) is 25.2 Å². The predicted octanol–water partition coefficient (Wildman–Crippen LogP) is 20.2. The molecule has 0 saturated carbocycles. The third kappa shape index (κ3) is 58.1. The van der Waals surface area contributed by atoms with Crippen molar-refractivity contribution in [2.75, 3.05) is 19.8 Å². The number of unbranched alkanes of at least 4 members (excludes halogenated alkanes) is 14. The number of carbonyl (C=O) groups excluding carboxylic acids is 2. The van der Waals surface area contributed by atoms with Gasteiger partial charge in [0.25, 0.3) is 0 Å². The van der Waals surface area contributed by atoms with Crippen LogP contribution in [0.25, 0.3) is 0 Å². The van der Waals surface area contributed by atoms with Gasteiger partial charge in [-0.1, -0.05) is 230 Å². The maximum atomic E-state index is 12.9. The fraction of sp³-hybridized carbons (Fsp3) is 0.582. The zero-order chi connectivity index (χ0) is 52.0. The van der Waals surface area contributed by atoms with Crippen molar-refractivity contribution in [2.24, 2.45) is 0 Å². The molecule has 0 aromatic carbocycles. The van der Waals surface area contributed by atoms with Gasteiger partial charge in [0.2, 0.25) is 0 Å². The number of rotatable bonds is 51. The first-order valence-electron chi connectivity index (χ1n) is 29.0. The van der Waals surface area contributed by atoms with E-state index in [1.807, 2.05) is 0 Å². The highest BCUT2D eigenvalue weighted by atomic mass is 16.6. The molecule has 0 aromatic heterocycles. The summed E-state index contributed by atoms with van der Waals surface area (Å²) in [5, 5.41) is 0. The summed E-state index contributed by atoms with van der Waals surface area (Å²) >= 11 is 0. The van der Waals surface area contributed by atoms with E-state index in [1.165, 1.54) is 44.9 Å². The second-order valence-corrected chi connectivity index (χ2v) is 18.4. The normalized spacial score (nSPS) is 13.4. The Balaban J connectivity index is 4.47. The number of esters is 2. The lowest BCUT2D eigenvalue weighted by Gasteiger charge is -2.18. The SMILES string of the molecule is CC/C=C\C/C=C\C/C=C\C/C=C\C/C=C\CCCCCC(=O)OCC(COCCCCCCCCCC/C=C\C/C=C\C/C=C\CC)OC(=O)CCCCC/C=C\C/C=C\C/C=C\C/C=C\C/C=C\CC. The second kappa shape index (κ2) is 60.8. The Labute approximate surface area is 444 Å². The van der Waals surface area contributed by atoms with Gasteiger partial charge in [-0.2, -0.15) is 0 Å². The Hall–Kier alpha value is -4.48. The van der Waals surface area contributed by atoms with E-state index in [9.17, 15) is 9.59 Å². The molecular weight excluding hydrogens is 885 g/mol. The van der Waals surface area contributed by atoms with Gasteiger partial charge in [-0.05, 0) is 141 Å². The van der Waals surface area contributed by atoms with Gasteiger partial charge in [-0.25, -0.2) is 0 Å². The van der Waals surface area contributed by atoms with Gasteiger partial charge in [0.05, 0.1) is 6.61 Å². The highest BCUT2D eigenvalue weighted by molar-refractivity contribution is 5.70. The Morgan fingerprint density at radius 1 is 0.306 bits per heavy atom. The Morgan fingerprint density at radius 3 is 0.931 bits per heavy atom. The van der Waals surface area contributed by atoms with Crippen LogP contribution in [0.4, 0.5) is 0 Å². The molecule has 0 N–H and O–H groups in total. The lowest BCUT2D eigenvalue weighted by molar-refractivity contribution is -0.163. The van der Waals surface area contributed by atoms with Crippen LogP contribution in [0.2, 0.25) is 0 Å². The molecule has 0 bridgehead atoms. The van der Waals surface area contributed by atoms with E-state index in [2.05, 4.69) is 179 Å². The van der Waals surface area contributed by atoms with Crippen molar-refractivity contribution >= 4 is 11.9 Å². The van der Waals surface area contributed by atoms with Gasteiger partial charge >= 0.3 is 11.9 Å². The van der Waals surface area contributed by atoms with Gasteiger partial charge in [-0.15, -0.1) is 0 Å². The number of hydrogen-bond donors (Lipinski definition) is 0. The summed E-state index contributed by atoms with van der Waals surface area (Å²) in [5.41, 5.74) is 0. The van der Waals surface area contributed by atoms with Gasteiger partial charge in [-0.3, -0.25) is 9.59 Å². The molecule has 0 spiro atoms. The van der Waals surface area contributed by atoms with Crippen LogP contribution in [0.1, 0.15) is 226 Å². The maximum Gasteiger partial charge on any atom is 0.306 e. The van der Waals surface area contributed by atoms with Crippen molar-refractivity contribution < 1.29 is 23.8 Å². The van der Waals surface area contributed by atoms with E-state index >= 15 is 0 Å². The minimum Gasteiger partial charge on any atom is -0.462 e. The van der Waals surface area contributed by atoms with Gasteiger partial charge in [0.15, 0.2) is 6.10 Å². The molecule has 0 amide bonds. The van der Waals surface area contributed by atoms with Crippen LogP contribution in [0.15, 0.2) is 158 Å². The van der Waals surface area contributed by atoms with E-state index in [0.29, 0.717) is 19.4 Å². The van der Waals surface area contributed by atoms with Gasteiger partial charge in [0.1, 0.15) is 6.61 Å². The van der Waals surface area contributed by atoms with Crippen molar-refractivity contribution in [3.63, 3.8) is 0 Å². The summed E-state index contributed by atoms with van der Waals surface area (Å²) in [4.78, 5) is 25.6. The molecule has 0 aliphatic carbocycles. The van der Waals surface area contributed by atoms with Crippen molar-refractivity contribution in [3.05, 3.63) is 158 Å². The van der Waals surface area contributed by atoms with Crippen molar-refractivity contribution in [2.45, 2.75) is 232 Å². The first kappa shape index (κ1) is 67.5. The molecule has 0 aromatic rings. The summed E-state index contributed by atoms with van der Waals surface area (Å²) in [7, 11) is 0. The quantitative estimate of drug-likeness (QED) is 0.0345. The second-order valence-electron chi connectivity index (χ2n) is 18.4. The standard InChI is InChI=1S/C67H106O5/c1-4-7-10-13-16-19-22-25-28-31-34-36-39-42-45-48-51-54-57-60-66(68)71-64-65(63-70-62-59-56-53-50-47-44-41-38-33-30-27-24-21-18-15-12-9-6-3)72-67(69)61-58-55-52-49-46-43-40-37-35-32-29-26-23-20-17-14-11-8-5-2/h7-12,16-21,25-30,34-37,42-43,45-46,65H,4-6,13-15,22-24,31-33,38-41,44,47-64H2,1-3H3/b10-7-,11-8-,12-9-,19-16-,20-17-,21-18-,28-25-,29-26-,30-27-,36-34-,37-35-,45-42-,46-43-. The zero-order valence-corrected chi connectivity index (χ0v) is 46.4. The minimum atomic E-state index is -0.586. The lowest BCUT2D eigenvalue weighted by Crippen LogP contribution is -2.30. The van der Waals surface area contributed by atoms with Crippen LogP contribution >= 0.6 is 0 Å². The minimum absolute atomic E-state index is 0.0401. The number of allylic oxidation sites excluding steroid dienone is 26. The molecule has 0 heterocycles. The molecule has 0 radical (unpaired) electrons. The summed E-state index contributed by atoms with van der Waals surface area (Å²) < 4.78 is 17.4. The monoisotopic (exact) mass is 991 g/mol. The fourth-order valence-corrected chi connectivity index (χ4v) is 7.34. The molecule has 1 unspecified atom stereocenters. The molecule has 5 nitrogen and oxygen atoms in total. The first-order valence-corrected chi connectivity index (χ1v) is 29.0. The average Bonchev–Trinajstić information content (AvgIpc) is 3.38. The van der Waals surface area contributed by atoms with Crippen molar-refractivity contribution in [3.8, 4) is 0 Å². The van der Waals surface area contributed by atoms with Gasteiger partial charge in [0, 0.05) is 19.4 Å². The van der Waals surface area contributed by atoms with E-state index in [1.54, 1.807) is 0 Å². The molecule has 72 heavy (non-hydrogen) atoms. The highest BCUT2D eigenvalue weighted by Gasteiger charge is 2.17. The fourth-order valence-electron chi connectivity index (χ4n) is 7.34. The Kier molecular flexibility index (Phi) is 57.0.